The molecule has 0 bridgehead atoms. The molecule has 3 N–H and O–H groups in total. The fourth-order valence-electron chi connectivity index (χ4n) is 3.39. The summed E-state index contributed by atoms with van der Waals surface area (Å²) >= 11 is 8.22. The number of nitrogens with zero attached hydrogens (tertiary/aromatic N) is 1. The first kappa shape index (κ1) is 21.9. The summed E-state index contributed by atoms with van der Waals surface area (Å²) in [6.45, 7) is 2.41. The highest BCUT2D eigenvalue weighted by molar-refractivity contribution is 8.24. The lowest BCUT2D eigenvalue weighted by Gasteiger charge is -2.36. The Labute approximate surface area is 194 Å². The summed E-state index contributed by atoms with van der Waals surface area (Å²) in [5, 5.41) is 8.89. The SMILES string of the molecule is CCOc1ccccc1NC(=O)CSC1NC(=O)C2SC(=S)N(c3ccccc3)C2N1. The predicted octanol–water partition coefficient (Wildman–Crippen LogP) is 2.99. The lowest BCUT2D eigenvalue weighted by molar-refractivity contribution is -0.122. The maximum atomic E-state index is 12.7. The van der Waals surface area contributed by atoms with Crippen molar-refractivity contribution in [2.45, 2.75) is 23.8 Å². The third kappa shape index (κ3) is 4.98. The molecule has 0 aromatic heterocycles. The van der Waals surface area contributed by atoms with Crippen LogP contribution in [0.5, 0.6) is 5.75 Å². The third-order valence-corrected chi connectivity index (χ3v) is 7.35. The van der Waals surface area contributed by atoms with Gasteiger partial charge in [-0.1, -0.05) is 54.3 Å². The molecule has 4 rings (SSSR count). The summed E-state index contributed by atoms with van der Waals surface area (Å²) in [6, 6.07) is 17.1. The first-order valence-corrected chi connectivity index (χ1v) is 12.1. The van der Waals surface area contributed by atoms with E-state index in [2.05, 4.69) is 16.0 Å². The van der Waals surface area contributed by atoms with Crippen LogP contribution in [0.25, 0.3) is 0 Å². The number of carbonyl (C=O) groups excluding carboxylic acids is 2. The second-order valence-corrected chi connectivity index (χ2v) is 9.67. The second kappa shape index (κ2) is 9.90. The summed E-state index contributed by atoms with van der Waals surface area (Å²) in [5.74, 6) is 0.532. The van der Waals surface area contributed by atoms with Crippen molar-refractivity contribution in [1.82, 2.24) is 10.6 Å². The summed E-state index contributed by atoms with van der Waals surface area (Å²) in [5.41, 5.74) is 1.15. The van der Waals surface area contributed by atoms with Crippen LogP contribution >= 0.6 is 35.7 Å². The van der Waals surface area contributed by atoms with Gasteiger partial charge in [0.05, 0.1) is 18.0 Å². The minimum atomic E-state index is -0.408. The van der Waals surface area contributed by atoms with E-state index in [1.165, 1.54) is 23.5 Å². The van der Waals surface area contributed by atoms with E-state index in [0.29, 0.717) is 22.4 Å². The van der Waals surface area contributed by atoms with Gasteiger partial charge >= 0.3 is 0 Å². The first-order chi connectivity index (χ1) is 15.1. The number of hydrogen-bond donors (Lipinski definition) is 3. The molecule has 10 heteroatoms. The number of rotatable bonds is 7. The Kier molecular flexibility index (Phi) is 7.01. The molecule has 2 aliphatic rings. The zero-order chi connectivity index (χ0) is 21.8. The van der Waals surface area contributed by atoms with Crippen molar-refractivity contribution in [2.75, 3.05) is 22.6 Å². The Morgan fingerprint density at radius 1 is 1.23 bits per heavy atom. The second-order valence-electron chi connectivity index (χ2n) is 6.80. The molecule has 2 aromatic rings. The Bertz CT molecular complexity index is 975. The van der Waals surface area contributed by atoms with Crippen molar-refractivity contribution in [1.29, 1.82) is 0 Å². The first-order valence-electron chi connectivity index (χ1n) is 9.81. The molecule has 0 aliphatic carbocycles. The van der Waals surface area contributed by atoms with Crippen LogP contribution in [0.3, 0.4) is 0 Å². The molecule has 0 spiro atoms. The summed E-state index contributed by atoms with van der Waals surface area (Å²) in [6.07, 6.45) is -0.270. The van der Waals surface area contributed by atoms with Gasteiger partial charge in [0.15, 0.2) is 0 Å². The van der Waals surface area contributed by atoms with E-state index in [9.17, 15) is 9.59 Å². The number of benzene rings is 2. The lowest BCUT2D eigenvalue weighted by Crippen LogP contribution is -2.64. The smallest absolute Gasteiger partial charge is 0.238 e. The fraction of sp³-hybridized carbons (Fsp3) is 0.286. The predicted molar refractivity (Wildman–Crippen MR) is 130 cm³/mol. The van der Waals surface area contributed by atoms with E-state index < -0.39 is 5.50 Å². The molecule has 31 heavy (non-hydrogen) atoms. The van der Waals surface area contributed by atoms with E-state index >= 15 is 0 Å². The highest BCUT2D eigenvalue weighted by atomic mass is 32.2. The molecule has 2 heterocycles. The number of thioether (sulfide) groups is 2. The number of carbonyl (C=O) groups is 2. The van der Waals surface area contributed by atoms with Crippen LogP contribution < -0.4 is 25.6 Å². The average molecular weight is 475 g/mol. The van der Waals surface area contributed by atoms with Crippen molar-refractivity contribution in [3.05, 3.63) is 54.6 Å². The van der Waals surface area contributed by atoms with E-state index in [1.54, 1.807) is 6.07 Å². The monoisotopic (exact) mass is 474 g/mol. The van der Waals surface area contributed by atoms with Crippen LogP contribution in [0.2, 0.25) is 0 Å². The van der Waals surface area contributed by atoms with Crippen LogP contribution in [-0.4, -0.2) is 45.4 Å². The zero-order valence-electron chi connectivity index (χ0n) is 16.7. The highest BCUT2D eigenvalue weighted by Crippen LogP contribution is 2.37. The summed E-state index contributed by atoms with van der Waals surface area (Å²) in [7, 11) is 0. The van der Waals surface area contributed by atoms with Crippen LogP contribution in [0.4, 0.5) is 11.4 Å². The number of nitrogens with one attached hydrogen (secondary N) is 3. The molecule has 3 unspecified atom stereocenters. The summed E-state index contributed by atoms with van der Waals surface area (Å²) in [4.78, 5) is 27.1. The molecule has 2 fully saturated rings. The molecular formula is C21H22N4O3S3. The van der Waals surface area contributed by atoms with Gasteiger partial charge in [-0.05, 0) is 31.2 Å². The molecule has 2 aromatic carbocycles. The zero-order valence-corrected chi connectivity index (χ0v) is 19.2. The van der Waals surface area contributed by atoms with Crippen LogP contribution in [0.1, 0.15) is 6.92 Å². The Morgan fingerprint density at radius 3 is 2.74 bits per heavy atom. The van der Waals surface area contributed by atoms with Gasteiger partial charge in [0, 0.05) is 5.69 Å². The third-order valence-electron chi connectivity index (χ3n) is 4.72. The van der Waals surface area contributed by atoms with Crippen molar-refractivity contribution >= 4 is 63.3 Å². The number of anilines is 2. The number of hydrogen-bond acceptors (Lipinski definition) is 7. The molecule has 2 aliphatic heterocycles. The molecule has 2 amide bonds. The standard InChI is InChI=1S/C21H22N4O3S3/c1-2-28-15-11-7-6-10-14(15)22-16(26)12-30-20-23-18-17(19(27)24-20)31-21(29)25(18)13-8-4-3-5-9-13/h3-11,17-18,20,23H,2,12H2,1H3,(H,22,26)(H,24,27). The van der Waals surface area contributed by atoms with E-state index in [0.717, 1.165) is 5.69 Å². The number of ether oxygens (including phenoxy) is 1. The van der Waals surface area contributed by atoms with Gasteiger partial charge in [-0.2, -0.15) is 0 Å². The van der Waals surface area contributed by atoms with Gasteiger partial charge in [0.25, 0.3) is 0 Å². The minimum absolute atomic E-state index is 0.0888. The number of amides is 2. The topological polar surface area (TPSA) is 82.7 Å². The van der Waals surface area contributed by atoms with Gasteiger partial charge in [-0.25, -0.2) is 0 Å². The van der Waals surface area contributed by atoms with Gasteiger partial charge in [0.2, 0.25) is 11.8 Å². The molecule has 162 valence electrons. The molecule has 7 nitrogen and oxygen atoms in total. The quantitative estimate of drug-likeness (QED) is 0.529. The van der Waals surface area contributed by atoms with Crippen molar-refractivity contribution in [2.24, 2.45) is 0 Å². The maximum Gasteiger partial charge on any atom is 0.238 e. The largest absolute Gasteiger partial charge is 0.492 e. The number of fused-ring (bicyclic) bond motifs is 1. The van der Waals surface area contributed by atoms with E-state index in [-0.39, 0.29) is 29.0 Å². The minimum Gasteiger partial charge on any atom is -0.492 e. The van der Waals surface area contributed by atoms with Gasteiger partial charge < -0.3 is 20.3 Å². The van der Waals surface area contributed by atoms with Crippen molar-refractivity contribution < 1.29 is 14.3 Å². The molecule has 2 saturated heterocycles. The van der Waals surface area contributed by atoms with E-state index in [1.807, 2.05) is 60.4 Å². The number of thiocarbonyl (C=S) groups is 1. The van der Waals surface area contributed by atoms with E-state index in [4.69, 9.17) is 17.0 Å². The highest BCUT2D eigenvalue weighted by Gasteiger charge is 2.47. The van der Waals surface area contributed by atoms with Gasteiger partial charge in [0.1, 0.15) is 27.0 Å². The lowest BCUT2D eigenvalue weighted by atomic mass is 10.2. The molecule has 0 saturated carbocycles. The number of para-hydroxylation sites is 3. The van der Waals surface area contributed by atoms with Crippen LogP contribution in [-0.2, 0) is 9.59 Å². The molecule has 3 atom stereocenters. The molecular weight excluding hydrogens is 452 g/mol. The van der Waals surface area contributed by atoms with Gasteiger partial charge in [-0.15, -0.1) is 11.8 Å². The normalized spacial score (nSPS) is 22.6. The van der Waals surface area contributed by atoms with Crippen molar-refractivity contribution in [3.8, 4) is 5.75 Å². The fourth-order valence-corrected chi connectivity index (χ4v) is 5.80. The Morgan fingerprint density at radius 2 is 1.97 bits per heavy atom. The van der Waals surface area contributed by atoms with Gasteiger partial charge in [-0.3, -0.25) is 14.9 Å². The van der Waals surface area contributed by atoms with Crippen LogP contribution in [0.15, 0.2) is 54.6 Å². The Hall–Kier alpha value is -2.27. The average Bonchev–Trinajstić information content (AvgIpc) is 3.11. The van der Waals surface area contributed by atoms with Crippen molar-refractivity contribution in [3.63, 3.8) is 0 Å². The van der Waals surface area contributed by atoms with Crippen LogP contribution in [0, 0.1) is 0 Å². The Balaban J connectivity index is 1.38. The summed E-state index contributed by atoms with van der Waals surface area (Å²) < 4.78 is 6.20. The molecule has 0 radical (unpaired) electrons. The maximum absolute atomic E-state index is 12.7.